The number of hydrogen-bond donors (Lipinski definition) is 2. The van der Waals surface area contributed by atoms with Crippen molar-refractivity contribution < 1.29 is 24.5 Å². The molecule has 0 saturated carbocycles. The summed E-state index contributed by atoms with van der Waals surface area (Å²) in [6.45, 7) is 3.73. The highest BCUT2D eigenvalue weighted by molar-refractivity contribution is 8.18. The minimum Gasteiger partial charge on any atom is -0.507 e. The molecule has 1 aliphatic heterocycles. The lowest BCUT2D eigenvalue weighted by atomic mass is 10.1. The Bertz CT molecular complexity index is 1040. The van der Waals surface area contributed by atoms with Crippen LogP contribution in [0, 0.1) is 6.92 Å². The molecule has 2 aromatic carbocycles. The topological polar surface area (TPSA) is 88.4 Å². The maximum atomic E-state index is 12.5. The maximum Gasteiger partial charge on any atom is 0.344 e. The minimum atomic E-state index is -0.657. The van der Waals surface area contributed by atoms with E-state index in [9.17, 15) is 15.0 Å². The first-order valence-corrected chi connectivity index (χ1v) is 9.77. The Hall–Kier alpha value is -3.19. The molecule has 2 N–H and O–H groups in total. The first-order valence-electron chi connectivity index (χ1n) is 8.96. The monoisotopic (exact) mass is 411 g/mol. The number of aliphatic hydroxyl groups excluding tert-OH is 1. The van der Waals surface area contributed by atoms with Crippen LogP contribution in [-0.4, -0.2) is 34.9 Å². The van der Waals surface area contributed by atoms with Crippen molar-refractivity contribution in [3.05, 3.63) is 69.8 Å². The van der Waals surface area contributed by atoms with E-state index in [1.54, 1.807) is 56.5 Å². The summed E-state index contributed by atoms with van der Waals surface area (Å²) in [4.78, 5) is 17.4. The highest BCUT2D eigenvalue weighted by atomic mass is 32.2. The highest BCUT2D eigenvalue weighted by Crippen LogP contribution is 2.41. The smallest absolute Gasteiger partial charge is 0.344 e. The molecule has 1 heterocycles. The SMILES string of the molecule is CCOC(=O)C1=C(O)C(=Cc2ccc(C)cc2O)SC1=Nc1cccc(OC)c1. The van der Waals surface area contributed by atoms with Gasteiger partial charge in [0.05, 0.1) is 24.3 Å². The van der Waals surface area contributed by atoms with Crippen molar-refractivity contribution in [2.45, 2.75) is 13.8 Å². The second kappa shape index (κ2) is 8.87. The Balaban J connectivity index is 2.06. The Morgan fingerprint density at radius 2 is 2.00 bits per heavy atom. The zero-order chi connectivity index (χ0) is 21.0. The number of benzene rings is 2. The number of aliphatic hydroxyl groups is 1. The summed E-state index contributed by atoms with van der Waals surface area (Å²) in [7, 11) is 1.56. The van der Waals surface area contributed by atoms with Crippen LogP contribution in [0.4, 0.5) is 5.69 Å². The first kappa shape index (κ1) is 20.5. The van der Waals surface area contributed by atoms with Crippen LogP contribution in [0.25, 0.3) is 6.08 Å². The van der Waals surface area contributed by atoms with E-state index >= 15 is 0 Å². The van der Waals surface area contributed by atoms with E-state index in [0.29, 0.717) is 26.9 Å². The second-order valence-corrected chi connectivity index (χ2v) is 7.27. The van der Waals surface area contributed by atoms with Gasteiger partial charge in [-0.2, -0.15) is 0 Å². The molecule has 0 saturated heterocycles. The molecule has 7 heteroatoms. The molecule has 0 unspecified atom stereocenters. The number of phenols is 1. The molecule has 0 amide bonds. The van der Waals surface area contributed by atoms with Crippen molar-refractivity contribution in [2.24, 2.45) is 4.99 Å². The quantitative estimate of drug-likeness (QED) is 0.680. The molecule has 6 nitrogen and oxygen atoms in total. The summed E-state index contributed by atoms with van der Waals surface area (Å²) < 4.78 is 10.3. The fraction of sp³-hybridized carbons (Fsp3) is 0.182. The zero-order valence-electron chi connectivity index (χ0n) is 16.3. The van der Waals surface area contributed by atoms with Crippen LogP contribution in [0.1, 0.15) is 18.1 Å². The average molecular weight is 411 g/mol. The lowest BCUT2D eigenvalue weighted by Crippen LogP contribution is -2.12. The van der Waals surface area contributed by atoms with Crippen molar-refractivity contribution in [1.82, 2.24) is 0 Å². The van der Waals surface area contributed by atoms with Gasteiger partial charge >= 0.3 is 5.97 Å². The lowest BCUT2D eigenvalue weighted by molar-refractivity contribution is -0.138. The fourth-order valence-electron chi connectivity index (χ4n) is 2.71. The molecule has 0 spiro atoms. The number of phenolic OH excluding ortho intramolecular Hbond substituents is 1. The van der Waals surface area contributed by atoms with Gasteiger partial charge in [-0.1, -0.05) is 30.0 Å². The standard InChI is InChI=1S/C22H21NO5S/c1-4-28-22(26)19-20(25)18(11-14-9-8-13(2)10-17(14)24)29-21(19)23-15-6-5-7-16(12-15)27-3/h5-12,24-25H,4H2,1-3H3. The third kappa shape index (κ3) is 4.63. The number of ether oxygens (including phenoxy) is 2. The van der Waals surface area contributed by atoms with E-state index in [-0.39, 0.29) is 23.7 Å². The van der Waals surface area contributed by atoms with Gasteiger partial charge in [0.2, 0.25) is 0 Å². The number of esters is 1. The van der Waals surface area contributed by atoms with Crippen LogP contribution in [0.2, 0.25) is 0 Å². The summed E-state index contributed by atoms with van der Waals surface area (Å²) in [5.41, 5.74) is 2.00. The molecule has 0 aromatic heterocycles. The van der Waals surface area contributed by atoms with Gasteiger partial charge in [0.1, 0.15) is 27.9 Å². The lowest BCUT2D eigenvalue weighted by Gasteiger charge is -2.04. The summed E-state index contributed by atoms with van der Waals surface area (Å²) in [5.74, 6) is -0.173. The van der Waals surface area contributed by atoms with Crippen LogP contribution < -0.4 is 4.74 Å². The van der Waals surface area contributed by atoms with Gasteiger partial charge in [-0.3, -0.25) is 0 Å². The number of thioether (sulfide) groups is 1. The van der Waals surface area contributed by atoms with Gasteiger partial charge in [-0.05, 0) is 43.7 Å². The highest BCUT2D eigenvalue weighted by Gasteiger charge is 2.33. The Morgan fingerprint density at radius 1 is 1.21 bits per heavy atom. The van der Waals surface area contributed by atoms with E-state index in [1.807, 2.05) is 13.0 Å². The molecule has 0 radical (unpaired) electrons. The number of carbonyl (C=O) groups is 1. The van der Waals surface area contributed by atoms with E-state index < -0.39 is 5.97 Å². The third-order valence-electron chi connectivity index (χ3n) is 4.13. The second-order valence-electron chi connectivity index (χ2n) is 6.24. The third-order valence-corrected chi connectivity index (χ3v) is 5.15. The van der Waals surface area contributed by atoms with Crippen molar-refractivity contribution in [3.8, 4) is 11.5 Å². The normalized spacial score (nSPS) is 16.5. The Morgan fingerprint density at radius 3 is 2.69 bits per heavy atom. The van der Waals surface area contributed by atoms with Crippen LogP contribution in [0.15, 0.2) is 63.7 Å². The summed E-state index contributed by atoms with van der Waals surface area (Å²) in [5, 5.41) is 21.2. The maximum absolute atomic E-state index is 12.5. The van der Waals surface area contributed by atoms with Crippen LogP contribution in [-0.2, 0) is 9.53 Å². The van der Waals surface area contributed by atoms with Crippen molar-refractivity contribution in [2.75, 3.05) is 13.7 Å². The van der Waals surface area contributed by atoms with Crippen molar-refractivity contribution >= 4 is 34.5 Å². The van der Waals surface area contributed by atoms with Crippen molar-refractivity contribution in [3.63, 3.8) is 0 Å². The molecular formula is C22H21NO5S. The van der Waals surface area contributed by atoms with Crippen LogP contribution >= 0.6 is 11.8 Å². The number of carbonyl (C=O) groups excluding carboxylic acids is 1. The van der Waals surface area contributed by atoms with Crippen LogP contribution in [0.3, 0.4) is 0 Å². The van der Waals surface area contributed by atoms with Gasteiger partial charge < -0.3 is 19.7 Å². The van der Waals surface area contributed by atoms with Gasteiger partial charge in [0.25, 0.3) is 0 Å². The molecule has 150 valence electrons. The van der Waals surface area contributed by atoms with Gasteiger partial charge in [-0.25, -0.2) is 9.79 Å². The molecular weight excluding hydrogens is 390 g/mol. The van der Waals surface area contributed by atoms with Crippen molar-refractivity contribution in [1.29, 1.82) is 0 Å². The molecule has 2 aromatic rings. The molecule has 0 aliphatic carbocycles. The fourth-order valence-corrected chi connectivity index (χ4v) is 3.73. The van der Waals surface area contributed by atoms with Gasteiger partial charge in [-0.15, -0.1) is 0 Å². The summed E-state index contributed by atoms with van der Waals surface area (Å²) in [6.07, 6.45) is 1.61. The van der Waals surface area contributed by atoms with E-state index in [0.717, 1.165) is 17.3 Å². The molecule has 1 aliphatic rings. The first-order chi connectivity index (χ1) is 13.9. The van der Waals surface area contributed by atoms with Gasteiger partial charge in [0.15, 0.2) is 0 Å². The number of hydrogen-bond acceptors (Lipinski definition) is 7. The largest absolute Gasteiger partial charge is 0.507 e. The van der Waals surface area contributed by atoms with E-state index in [4.69, 9.17) is 9.47 Å². The number of methoxy groups -OCH3 is 1. The number of aryl methyl sites for hydroxylation is 1. The van der Waals surface area contributed by atoms with Crippen LogP contribution in [0.5, 0.6) is 11.5 Å². The summed E-state index contributed by atoms with van der Waals surface area (Å²) in [6, 6.07) is 12.3. The molecule has 0 atom stereocenters. The molecule has 3 rings (SSSR count). The van der Waals surface area contributed by atoms with Gasteiger partial charge in [0, 0.05) is 11.6 Å². The van der Waals surface area contributed by atoms with E-state index in [2.05, 4.69) is 4.99 Å². The minimum absolute atomic E-state index is 0.00230. The zero-order valence-corrected chi connectivity index (χ0v) is 17.1. The number of aromatic hydroxyl groups is 1. The number of nitrogens with zero attached hydrogens (tertiary/aromatic N) is 1. The predicted octanol–water partition coefficient (Wildman–Crippen LogP) is 4.90. The molecule has 0 bridgehead atoms. The van der Waals surface area contributed by atoms with E-state index in [1.165, 1.54) is 0 Å². The molecule has 0 fully saturated rings. The Kier molecular flexibility index (Phi) is 6.29. The summed E-state index contributed by atoms with van der Waals surface area (Å²) >= 11 is 1.13. The predicted molar refractivity (Wildman–Crippen MR) is 115 cm³/mol. The number of rotatable bonds is 5. The number of aliphatic imine (C=N–C) groups is 1. The Labute approximate surface area is 173 Å². The molecule has 29 heavy (non-hydrogen) atoms. The average Bonchev–Trinajstić information content (AvgIpc) is 2.99.